The molecule has 0 aliphatic carbocycles. The van der Waals surface area contributed by atoms with Crippen LogP contribution in [0.3, 0.4) is 0 Å². The Hall–Kier alpha value is -3.63. The molecule has 0 bridgehead atoms. The van der Waals surface area contributed by atoms with Crippen molar-refractivity contribution in [1.82, 2.24) is 4.57 Å². The number of carbonyl (C=O) groups is 1. The number of anilines is 1. The van der Waals surface area contributed by atoms with Crippen LogP contribution < -0.4 is 29.3 Å². The van der Waals surface area contributed by atoms with Crippen molar-refractivity contribution < 1.29 is 19.0 Å². The van der Waals surface area contributed by atoms with E-state index in [1.54, 1.807) is 43.7 Å². The number of nitrogens with zero attached hydrogens (tertiary/aromatic N) is 3. The van der Waals surface area contributed by atoms with E-state index in [4.69, 9.17) is 14.2 Å². The monoisotopic (exact) mass is 611 g/mol. The van der Waals surface area contributed by atoms with Crippen LogP contribution in [0.4, 0.5) is 5.69 Å². The zero-order valence-electron chi connectivity index (χ0n) is 22.5. The maximum Gasteiger partial charge on any atom is 0.338 e. The first kappa shape index (κ1) is 28.4. The summed E-state index contributed by atoms with van der Waals surface area (Å²) in [5, 5.41) is 0. The van der Waals surface area contributed by atoms with Gasteiger partial charge in [-0.15, -0.1) is 0 Å². The van der Waals surface area contributed by atoms with Crippen molar-refractivity contribution in [3.05, 3.63) is 95.6 Å². The zero-order valence-corrected chi connectivity index (χ0v) is 24.9. The molecular formula is C29H30BrN3O5S. The molecule has 0 radical (unpaired) electrons. The summed E-state index contributed by atoms with van der Waals surface area (Å²) in [4.78, 5) is 34.1. The van der Waals surface area contributed by atoms with Gasteiger partial charge in [-0.25, -0.2) is 9.79 Å². The van der Waals surface area contributed by atoms with Crippen molar-refractivity contribution in [3.8, 4) is 11.5 Å². The highest BCUT2D eigenvalue weighted by atomic mass is 79.9. The van der Waals surface area contributed by atoms with E-state index < -0.39 is 12.0 Å². The van der Waals surface area contributed by atoms with Crippen LogP contribution in [0, 0.1) is 0 Å². The molecule has 0 unspecified atom stereocenters. The van der Waals surface area contributed by atoms with Crippen LogP contribution in [0.2, 0.25) is 0 Å². The second-order valence-corrected chi connectivity index (χ2v) is 10.8. The fourth-order valence-corrected chi connectivity index (χ4v) is 5.94. The number of ether oxygens (including phenoxy) is 3. The topological polar surface area (TPSA) is 82.4 Å². The van der Waals surface area contributed by atoms with Gasteiger partial charge in [0.05, 0.1) is 40.0 Å². The highest BCUT2D eigenvalue weighted by Gasteiger charge is 2.33. The van der Waals surface area contributed by atoms with Crippen molar-refractivity contribution in [1.29, 1.82) is 0 Å². The van der Waals surface area contributed by atoms with Crippen molar-refractivity contribution in [2.45, 2.75) is 19.9 Å². The quantitative estimate of drug-likeness (QED) is 0.266. The molecule has 1 aliphatic rings. The maximum atomic E-state index is 13.9. The first-order valence-electron chi connectivity index (χ1n) is 12.3. The smallest absolute Gasteiger partial charge is 0.338 e. The minimum absolute atomic E-state index is 0.218. The summed E-state index contributed by atoms with van der Waals surface area (Å²) in [6.07, 6.45) is 3.43. The van der Waals surface area contributed by atoms with E-state index in [1.807, 2.05) is 49.3 Å². The maximum absolute atomic E-state index is 13.9. The third-order valence-corrected chi connectivity index (χ3v) is 7.71. The Morgan fingerprint density at radius 1 is 1.26 bits per heavy atom. The number of esters is 1. The van der Waals surface area contributed by atoms with Gasteiger partial charge >= 0.3 is 5.97 Å². The van der Waals surface area contributed by atoms with Gasteiger partial charge in [-0.3, -0.25) is 9.36 Å². The Kier molecular flexibility index (Phi) is 8.76. The lowest BCUT2D eigenvalue weighted by Crippen LogP contribution is -2.39. The molecule has 204 valence electrons. The van der Waals surface area contributed by atoms with Gasteiger partial charge in [0.15, 0.2) is 16.3 Å². The molecule has 1 atom stereocenters. The predicted octanol–water partition coefficient (Wildman–Crippen LogP) is 4.20. The molecule has 8 nitrogen and oxygen atoms in total. The summed E-state index contributed by atoms with van der Waals surface area (Å²) in [5.41, 5.74) is 3.15. The first-order chi connectivity index (χ1) is 18.7. The van der Waals surface area contributed by atoms with E-state index in [0.717, 1.165) is 16.8 Å². The summed E-state index contributed by atoms with van der Waals surface area (Å²) in [7, 11) is 5.47. The van der Waals surface area contributed by atoms with E-state index >= 15 is 0 Å². The van der Waals surface area contributed by atoms with Gasteiger partial charge in [-0.2, -0.15) is 0 Å². The Balaban J connectivity index is 1.89. The van der Waals surface area contributed by atoms with E-state index in [-0.39, 0.29) is 12.2 Å². The Morgan fingerprint density at radius 2 is 1.97 bits per heavy atom. The van der Waals surface area contributed by atoms with Crippen LogP contribution in [-0.4, -0.2) is 45.0 Å². The molecule has 0 amide bonds. The zero-order chi connectivity index (χ0) is 28.3. The average Bonchev–Trinajstić information content (AvgIpc) is 3.21. The number of methoxy groups -OCH3 is 1. The molecule has 0 fully saturated rings. The molecule has 0 spiro atoms. The average molecular weight is 613 g/mol. The molecular weight excluding hydrogens is 582 g/mol. The fourth-order valence-electron chi connectivity index (χ4n) is 4.32. The molecule has 39 heavy (non-hydrogen) atoms. The largest absolute Gasteiger partial charge is 0.493 e. The third kappa shape index (κ3) is 5.72. The molecule has 1 aliphatic heterocycles. The van der Waals surface area contributed by atoms with Crippen LogP contribution in [-0.2, 0) is 9.53 Å². The minimum atomic E-state index is -0.672. The molecule has 2 aromatic carbocycles. The second-order valence-electron chi connectivity index (χ2n) is 8.92. The molecule has 10 heteroatoms. The van der Waals surface area contributed by atoms with Crippen LogP contribution in [0.15, 0.2) is 74.6 Å². The number of hydrogen-bond donors (Lipinski definition) is 0. The van der Waals surface area contributed by atoms with Crippen molar-refractivity contribution in [2.75, 3.05) is 39.3 Å². The highest BCUT2D eigenvalue weighted by Crippen LogP contribution is 2.37. The fraction of sp³-hybridized carbons (Fsp3) is 0.276. The SMILES string of the molecule is C=CCOc1c(Br)cc(/C=c2/sc3n(c2=O)[C@H](c2ccc(N(C)C)cc2)C(C(=O)OCC)=C(C)N=3)cc1OC. The number of halogens is 1. The Morgan fingerprint density at radius 3 is 2.59 bits per heavy atom. The third-order valence-electron chi connectivity index (χ3n) is 6.14. The number of hydrogen-bond acceptors (Lipinski definition) is 8. The number of allylic oxidation sites excluding steroid dienone is 1. The molecule has 3 aromatic rings. The van der Waals surface area contributed by atoms with Gasteiger partial charge in [-0.1, -0.05) is 36.1 Å². The number of aromatic nitrogens is 1. The van der Waals surface area contributed by atoms with Crippen LogP contribution >= 0.6 is 27.3 Å². The summed E-state index contributed by atoms with van der Waals surface area (Å²) in [5.74, 6) is 0.579. The first-order valence-corrected chi connectivity index (χ1v) is 13.9. The Bertz CT molecular complexity index is 1620. The van der Waals surface area contributed by atoms with Crippen LogP contribution in [0.5, 0.6) is 11.5 Å². The lowest BCUT2D eigenvalue weighted by molar-refractivity contribution is -0.139. The van der Waals surface area contributed by atoms with Gasteiger partial charge in [0.1, 0.15) is 6.61 Å². The molecule has 1 aromatic heterocycles. The predicted molar refractivity (Wildman–Crippen MR) is 158 cm³/mol. The molecule has 0 saturated heterocycles. The van der Waals surface area contributed by atoms with Gasteiger partial charge in [-0.05, 0) is 71.2 Å². The molecule has 2 heterocycles. The lowest BCUT2D eigenvalue weighted by atomic mass is 9.95. The van der Waals surface area contributed by atoms with Gasteiger partial charge in [0, 0.05) is 19.8 Å². The van der Waals surface area contributed by atoms with Crippen LogP contribution in [0.25, 0.3) is 6.08 Å². The molecule has 0 N–H and O–H groups in total. The summed E-state index contributed by atoms with van der Waals surface area (Å²) in [6, 6.07) is 10.8. The van der Waals surface area contributed by atoms with Crippen molar-refractivity contribution in [2.24, 2.45) is 4.99 Å². The van der Waals surface area contributed by atoms with Crippen molar-refractivity contribution >= 4 is 45.0 Å². The number of rotatable bonds is 9. The van der Waals surface area contributed by atoms with Crippen LogP contribution in [0.1, 0.15) is 31.0 Å². The Labute approximate surface area is 239 Å². The molecule has 0 saturated carbocycles. The van der Waals surface area contributed by atoms with Gasteiger partial charge < -0.3 is 19.1 Å². The number of benzene rings is 2. The van der Waals surface area contributed by atoms with Gasteiger partial charge in [0.25, 0.3) is 5.56 Å². The van der Waals surface area contributed by atoms with E-state index in [0.29, 0.717) is 43.2 Å². The van der Waals surface area contributed by atoms with E-state index in [9.17, 15) is 9.59 Å². The lowest BCUT2D eigenvalue weighted by Gasteiger charge is -2.25. The summed E-state index contributed by atoms with van der Waals surface area (Å²) in [6.45, 7) is 7.75. The van der Waals surface area contributed by atoms with Gasteiger partial charge in [0.2, 0.25) is 0 Å². The van der Waals surface area contributed by atoms with Crippen molar-refractivity contribution in [3.63, 3.8) is 0 Å². The van der Waals surface area contributed by atoms with E-state index in [2.05, 4.69) is 27.5 Å². The standard InChI is InChI=1S/C29H30BrN3O5S/c1-7-13-38-26-21(30)14-18(15-22(26)36-6)16-23-27(34)33-25(19-9-11-20(12-10-19)32(4)5)24(28(35)37-8-2)17(3)31-29(33)39-23/h7,9-12,14-16,25H,1,8,13H2,2-6H3/b23-16+/t25-/m1/s1. The number of carbonyl (C=O) groups excluding carboxylic acids is 1. The summed E-state index contributed by atoms with van der Waals surface area (Å²) >= 11 is 4.81. The minimum Gasteiger partial charge on any atom is -0.493 e. The summed E-state index contributed by atoms with van der Waals surface area (Å²) < 4.78 is 19.4. The highest BCUT2D eigenvalue weighted by molar-refractivity contribution is 9.10. The second kappa shape index (κ2) is 12.0. The number of fused-ring (bicyclic) bond motifs is 1. The molecule has 4 rings (SSSR count). The van der Waals surface area contributed by atoms with E-state index in [1.165, 1.54) is 11.3 Å². The number of thiazole rings is 1. The normalized spacial score (nSPS) is 14.9.